The smallest absolute Gasteiger partial charge is 0.338 e. The molecule has 0 unspecified atom stereocenters. The average molecular weight is 195 g/mol. The second-order valence-electron chi connectivity index (χ2n) is 3.44. The molecule has 3 nitrogen and oxygen atoms in total. The largest absolute Gasteiger partial charge is 0.478 e. The zero-order chi connectivity index (χ0) is 10.3. The quantitative estimate of drug-likeness (QED) is 0.713. The maximum absolute atomic E-state index is 13.2. The van der Waals surface area contributed by atoms with Crippen molar-refractivity contribution in [1.29, 1.82) is 0 Å². The van der Waals surface area contributed by atoms with E-state index in [2.05, 4.69) is 0 Å². The average Bonchev–Trinajstić information content (AvgIpc) is 2.47. The molecular formula is C10H10FNO2. The first-order valence-electron chi connectivity index (χ1n) is 4.41. The summed E-state index contributed by atoms with van der Waals surface area (Å²) in [5.41, 5.74) is 6.87. The number of carbonyl (C=O) groups is 1. The fourth-order valence-electron chi connectivity index (χ4n) is 1.94. The van der Waals surface area contributed by atoms with Gasteiger partial charge in [0.1, 0.15) is 5.82 Å². The molecule has 0 amide bonds. The maximum atomic E-state index is 13.2. The molecule has 74 valence electrons. The van der Waals surface area contributed by atoms with Gasteiger partial charge in [0.25, 0.3) is 0 Å². The fraction of sp³-hybridized carbons (Fsp3) is 0.300. The first-order chi connectivity index (χ1) is 6.61. The number of nitrogens with two attached hydrogens (primary N) is 1. The monoisotopic (exact) mass is 195 g/mol. The molecule has 1 aromatic carbocycles. The summed E-state index contributed by atoms with van der Waals surface area (Å²) in [4.78, 5) is 10.8. The zero-order valence-electron chi connectivity index (χ0n) is 7.46. The van der Waals surface area contributed by atoms with Gasteiger partial charge in [0.2, 0.25) is 0 Å². The lowest BCUT2D eigenvalue weighted by Crippen LogP contribution is -2.08. The molecule has 1 aliphatic carbocycles. The van der Waals surface area contributed by atoms with Gasteiger partial charge in [-0.25, -0.2) is 9.18 Å². The van der Waals surface area contributed by atoms with E-state index in [-0.39, 0.29) is 11.6 Å². The third-order valence-electron chi connectivity index (χ3n) is 2.62. The van der Waals surface area contributed by atoms with Crippen LogP contribution in [0.2, 0.25) is 0 Å². The van der Waals surface area contributed by atoms with Gasteiger partial charge in [-0.15, -0.1) is 0 Å². The third kappa shape index (κ3) is 1.19. The highest BCUT2D eigenvalue weighted by Crippen LogP contribution is 2.32. The van der Waals surface area contributed by atoms with E-state index in [1.54, 1.807) is 6.07 Å². The minimum atomic E-state index is -1.21. The van der Waals surface area contributed by atoms with E-state index in [1.807, 2.05) is 0 Å². The Morgan fingerprint density at radius 1 is 1.57 bits per heavy atom. The van der Waals surface area contributed by atoms with Crippen molar-refractivity contribution in [2.24, 2.45) is 5.73 Å². The van der Waals surface area contributed by atoms with E-state index in [4.69, 9.17) is 10.8 Å². The molecule has 4 heteroatoms. The molecule has 0 radical (unpaired) electrons. The number of carboxylic acid groups (broad SMARTS) is 1. The Hall–Kier alpha value is -1.42. The summed E-state index contributed by atoms with van der Waals surface area (Å²) < 4.78 is 13.2. The highest BCUT2D eigenvalue weighted by Gasteiger charge is 2.26. The van der Waals surface area contributed by atoms with Gasteiger partial charge in [-0.05, 0) is 30.0 Å². The van der Waals surface area contributed by atoms with Crippen LogP contribution in [0.4, 0.5) is 4.39 Å². The maximum Gasteiger partial charge on any atom is 0.338 e. The summed E-state index contributed by atoms with van der Waals surface area (Å²) in [6.07, 6.45) is 1.25. The standard InChI is InChI=1S/C10H10FNO2/c11-7-3-1-5-6(2-4-8(5)12)9(7)10(13)14/h1,3,8H,2,4,12H2,(H,13,14)/t8-/m1/s1. The van der Waals surface area contributed by atoms with Crippen molar-refractivity contribution < 1.29 is 14.3 Å². The van der Waals surface area contributed by atoms with Crippen molar-refractivity contribution in [3.05, 3.63) is 34.6 Å². The number of fused-ring (bicyclic) bond motifs is 1. The van der Waals surface area contributed by atoms with Crippen LogP contribution in [-0.4, -0.2) is 11.1 Å². The first kappa shape index (κ1) is 9.15. The molecule has 1 atom stereocenters. The Labute approximate surface area is 80.3 Å². The lowest BCUT2D eigenvalue weighted by molar-refractivity contribution is 0.0690. The molecule has 0 fully saturated rings. The van der Waals surface area contributed by atoms with E-state index in [9.17, 15) is 9.18 Å². The van der Waals surface area contributed by atoms with Crippen molar-refractivity contribution in [3.63, 3.8) is 0 Å². The van der Waals surface area contributed by atoms with Gasteiger partial charge in [-0.1, -0.05) is 6.07 Å². The topological polar surface area (TPSA) is 63.3 Å². The molecule has 1 aliphatic rings. The predicted molar refractivity (Wildman–Crippen MR) is 48.6 cm³/mol. The second-order valence-corrected chi connectivity index (χ2v) is 3.44. The molecule has 0 spiro atoms. The molecular weight excluding hydrogens is 185 g/mol. The van der Waals surface area contributed by atoms with Crippen molar-refractivity contribution in [2.45, 2.75) is 18.9 Å². The summed E-state index contributed by atoms with van der Waals surface area (Å²) in [6, 6.07) is 2.60. The van der Waals surface area contributed by atoms with E-state index >= 15 is 0 Å². The Morgan fingerprint density at radius 2 is 2.29 bits per heavy atom. The molecule has 14 heavy (non-hydrogen) atoms. The number of hydrogen-bond donors (Lipinski definition) is 2. The van der Waals surface area contributed by atoms with Crippen molar-refractivity contribution >= 4 is 5.97 Å². The molecule has 2 rings (SSSR count). The van der Waals surface area contributed by atoms with Crippen LogP contribution in [0, 0.1) is 5.82 Å². The molecule has 0 aromatic heterocycles. The van der Waals surface area contributed by atoms with Crippen molar-refractivity contribution in [1.82, 2.24) is 0 Å². The SMILES string of the molecule is N[C@@H]1CCc2c1ccc(F)c2C(=O)O. The van der Waals surface area contributed by atoms with Crippen LogP contribution < -0.4 is 5.73 Å². The van der Waals surface area contributed by atoms with Crippen LogP contribution >= 0.6 is 0 Å². The summed E-state index contributed by atoms with van der Waals surface area (Å²) in [5.74, 6) is -1.89. The summed E-state index contributed by atoms with van der Waals surface area (Å²) in [7, 11) is 0. The van der Waals surface area contributed by atoms with Crippen LogP contribution in [0.5, 0.6) is 0 Å². The highest BCUT2D eigenvalue weighted by molar-refractivity contribution is 5.90. The van der Waals surface area contributed by atoms with Crippen LogP contribution in [0.3, 0.4) is 0 Å². The van der Waals surface area contributed by atoms with Gasteiger partial charge in [0.05, 0.1) is 5.56 Å². The molecule has 0 saturated heterocycles. The Morgan fingerprint density at radius 3 is 2.93 bits per heavy atom. The lowest BCUT2D eigenvalue weighted by Gasteiger charge is -2.07. The molecule has 0 saturated carbocycles. The number of aromatic carboxylic acids is 1. The van der Waals surface area contributed by atoms with Crippen LogP contribution in [-0.2, 0) is 6.42 Å². The van der Waals surface area contributed by atoms with Gasteiger partial charge in [-0.2, -0.15) is 0 Å². The molecule has 0 heterocycles. The summed E-state index contributed by atoms with van der Waals surface area (Å²) >= 11 is 0. The van der Waals surface area contributed by atoms with E-state index in [0.717, 1.165) is 5.56 Å². The molecule has 0 bridgehead atoms. The Bertz CT molecular complexity index is 403. The van der Waals surface area contributed by atoms with Gasteiger partial charge in [0.15, 0.2) is 0 Å². The van der Waals surface area contributed by atoms with E-state index < -0.39 is 11.8 Å². The highest BCUT2D eigenvalue weighted by atomic mass is 19.1. The minimum absolute atomic E-state index is 0.149. The zero-order valence-corrected chi connectivity index (χ0v) is 7.46. The molecule has 1 aromatic rings. The van der Waals surface area contributed by atoms with Gasteiger partial charge >= 0.3 is 5.97 Å². The summed E-state index contributed by atoms with van der Waals surface area (Å²) in [6.45, 7) is 0. The number of hydrogen-bond acceptors (Lipinski definition) is 2. The summed E-state index contributed by atoms with van der Waals surface area (Å²) in [5, 5.41) is 8.84. The molecule has 0 aliphatic heterocycles. The van der Waals surface area contributed by atoms with Crippen molar-refractivity contribution in [2.75, 3.05) is 0 Å². The number of rotatable bonds is 1. The van der Waals surface area contributed by atoms with Gasteiger partial charge in [0, 0.05) is 6.04 Å². The molecule has 3 N–H and O–H groups in total. The lowest BCUT2D eigenvalue weighted by atomic mass is 10.0. The van der Waals surface area contributed by atoms with Crippen LogP contribution in [0.15, 0.2) is 12.1 Å². The van der Waals surface area contributed by atoms with Crippen LogP contribution in [0.25, 0.3) is 0 Å². The number of carboxylic acids is 1. The first-order valence-corrected chi connectivity index (χ1v) is 4.41. The van der Waals surface area contributed by atoms with Crippen LogP contribution in [0.1, 0.15) is 33.9 Å². The van der Waals surface area contributed by atoms with E-state index in [1.165, 1.54) is 6.07 Å². The minimum Gasteiger partial charge on any atom is -0.478 e. The van der Waals surface area contributed by atoms with Gasteiger partial charge in [-0.3, -0.25) is 0 Å². The third-order valence-corrected chi connectivity index (χ3v) is 2.62. The second kappa shape index (κ2) is 3.06. The predicted octanol–water partition coefficient (Wildman–Crippen LogP) is 1.47. The van der Waals surface area contributed by atoms with Crippen molar-refractivity contribution in [3.8, 4) is 0 Å². The Kier molecular flexibility index (Phi) is 2.00. The number of halogens is 1. The van der Waals surface area contributed by atoms with Gasteiger partial charge < -0.3 is 10.8 Å². The van der Waals surface area contributed by atoms with E-state index in [0.29, 0.717) is 18.4 Å². The Balaban J connectivity index is 2.65. The fourth-order valence-corrected chi connectivity index (χ4v) is 1.94. The normalized spacial score (nSPS) is 19.4. The number of benzene rings is 1.